The summed E-state index contributed by atoms with van der Waals surface area (Å²) in [4.78, 5) is 30.2. The van der Waals surface area contributed by atoms with E-state index in [-0.39, 0.29) is 28.1 Å². The smallest absolute Gasteiger partial charge is 0.337 e. The Hall–Kier alpha value is -3.12. The van der Waals surface area contributed by atoms with Gasteiger partial charge in [-0.05, 0) is 53.7 Å². The van der Waals surface area contributed by atoms with E-state index in [1.54, 1.807) is 31.3 Å². The summed E-state index contributed by atoms with van der Waals surface area (Å²) in [5, 5.41) is 10.0. The third-order valence-electron chi connectivity index (χ3n) is 4.26. The normalized spacial score (nSPS) is 15.8. The molecule has 2 aromatic rings. The Bertz CT molecular complexity index is 1200. The molecule has 1 aliphatic heterocycles. The molecule has 1 N–H and O–H groups in total. The van der Waals surface area contributed by atoms with Crippen LogP contribution in [0, 0.1) is 12.3 Å². The number of terminal acetylenes is 1. The minimum absolute atomic E-state index is 0.0315. The van der Waals surface area contributed by atoms with E-state index in [2.05, 4.69) is 10.9 Å². The molecule has 32 heavy (non-hydrogen) atoms. The minimum Gasteiger partial charge on any atom is -0.493 e. The van der Waals surface area contributed by atoms with Crippen molar-refractivity contribution >= 4 is 63.8 Å². The van der Waals surface area contributed by atoms with Crippen LogP contribution in [0.4, 0.5) is 5.69 Å². The second-order valence-electron chi connectivity index (χ2n) is 6.37. The van der Waals surface area contributed by atoms with Crippen molar-refractivity contribution in [1.82, 2.24) is 4.90 Å². The third-order valence-corrected chi connectivity index (χ3v) is 5.93. The van der Waals surface area contributed by atoms with Crippen molar-refractivity contribution in [3.05, 3.63) is 56.4 Å². The molecule has 0 aromatic heterocycles. The first-order valence-electron chi connectivity index (χ1n) is 8.98. The summed E-state index contributed by atoms with van der Waals surface area (Å²) in [6.45, 7) is 0.0315. The lowest BCUT2D eigenvalue weighted by Gasteiger charge is -2.11. The zero-order chi connectivity index (χ0) is 23.4. The first-order chi connectivity index (χ1) is 15.2. The van der Waals surface area contributed by atoms with Gasteiger partial charge >= 0.3 is 5.97 Å². The average molecular weight is 491 g/mol. The predicted octanol–water partition coefficient (Wildman–Crippen LogP) is 4.95. The molecule has 0 unspecified atom stereocenters. The van der Waals surface area contributed by atoms with Gasteiger partial charge in [0.25, 0.3) is 5.91 Å². The quantitative estimate of drug-likeness (QED) is 0.455. The van der Waals surface area contributed by atoms with Gasteiger partial charge in [-0.25, -0.2) is 9.79 Å². The fourth-order valence-corrected chi connectivity index (χ4v) is 4.20. The maximum Gasteiger partial charge on any atom is 0.337 e. The van der Waals surface area contributed by atoms with Gasteiger partial charge in [-0.3, -0.25) is 9.69 Å². The molecule has 10 heteroatoms. The number of methoxy groups -OCH3 is 1. The number of aromatic carboxylic acids is 1. The summed E-state index contributed by atoms with van der Waals surface area (Å²) in [6.07, 6.45) is 6.87. The van der Waals surface area contributed by atoms with Crippen LogP contribution in [0.1, 0.15) is 15.9 Å². The number of hydrogen-bond donors (Lipinski definition) is 1. The second kappa shape index (κ2) is 10.0. The largest absolute Gasteiger partial charge is 0.493 e. The molecule has 0 radical (unpaired) electrons. The predicted molar refractivity (Wildman–Crippen MR) is 126 cm³/mol. The number of likely N-dealkylation sites (N-methyl/N-ethyl adjacent to an activating group) is 1. The monoisotopic (exact) mass is 490 g/mol. The van der Waals surface area contributed by atoms with Crippen molar-refractivity contribution in [1.29, 1.82) is 0 Å². The summed E-state index contributed by atoms with van der Waals surface area (Å²) >= 11 is 13.3. The Kier molecular flexibility index (Phi) is 7.36. The van der Waals surface area contributed by atoms with Crippen LogP contribution < -0.4 is 9.47 Å². The van der Waals surface area contributed by atoms with E-state index in [4.69, 9.17) is 39.1 Å². The molecule has 0 atom stereocenters. The summed E-state index contributed by atoms with van der Waals surface area (Å²) in [5.41, 5.74) is 0.898. The molecule has 0 aliphatic carbocycles. The number of nitrogens with zero attached hydrogens (tertiary/aromatic N) is 2. The van der Waals surface area contributed by atoms with Gasteiger partial charge in [0.2, 0.25) is 0 Å². The van der Waals surface area contributed by atoms with Crippen LogP contribution in [-0.4, -0.2) is 47.8 Å². The zero-order valence-electron chi connectivity index (χ0n) is 16.9. The van der Waals surface area contributed by atoms with Crippen molar-refractivity contribution in [2.24, 2.45) is 4.99 Å². The second-order valence-corrected chi connectivity index (χ2v) is 8.19. The van der Waals surface area contributed by atoms with Gasteiger partial charge in [-0.15, -0.1) is 6.42 Å². The molecule has 1 saturated heterocycles. The number of carbonyl (C=O) groups excluding carboxylic acids is 1. The van der Waals surface area contributed by atoms with Crippen molar-refractivity contribution in [2.75, 3.05) is 20.8 Å². The Morgan fingerprint density at radius 3 is 2.72 bits per heavy atom. The standard InChI is InChI=1S/C22H16Cl2N2O5S/c1-4-7-31-19-16(24)8-12(9-17(19)30-3)10-18-20(27)26(2)22(32-18)25-13-5-6-15(23)14(11-13)21(28)29/h1,5-6,8-11H,7H2,2-3H3,(H,28,29)/b18-10+,25-22?. The van der Waals surface area contributed by atoms with Crippen LogP contribution in [0.15, 0.2) is 40.2 Å². The van der Waals surface area contributed by atoms with Crippen LogP contribution in [0.3, 0.4) is 0 Å². The molecule has 0 saturated carbocycles. The molecule has 7 nitrogen and oxygen atoms in total. The molecule has 2 aromatic carbocycles. The highest BCUT2D eigenvalue weighted by Gasteiger charge is 2.30. The topological polar surface area (TPSA) is 88.4 Å². The van der Waals surface area contributed by atoms with Crippen LogP contribution in [0.25, 0.3) is 6.08 Å². The van der Waals surface area contributed by atoms with Crippen molar-refractivity contribution in [3.8, 4) is 23.8 Å². The zero-order valence-corrected chi connectivity index (χ0v) is 19.2. The van der Waals surface area contributed by atoms with E-state index in [1.807, 2.05) is 0 Å². The van der Waals surface area contributed by atoms with Crippen LogP contribution >= 0.6 is 35.0 Å². The maximum absolute atomic E-state index is 12.7. The number of hydrogen-bond acceptors (Lipinski definition) is 6. The van der Waals surface area contributed by atoms with Crippen LogP contribution in [0.5, 0.6) is 11.5 Å². The molecule has 0 bridgehead atoms. The number of aliphatic imine (C=N–C) groups is 1. The van der Waals surface area contributed by atoms with Gasteiger partial charge in [-0.2, -0.15) is 0 Å². The number of halogens is 2. The fourth-order valence-electron chi connectivity index (χ4n) is 2.74. The van der Waals surface area contributed by atoms with E-state index in [1.165, 1.54) is 24.1 Å². The van der Waals surface area contributed by atoms with Gasteiger partial charge in [0, 0.05) is 7.05 Å². The number of benzene rings is 2. The summed E-state index contributed by atoms with van der Waals surface area (Å²) in [7, 11) is 3.05. The van der Waals surface area contributed by atoms with Crippen molar-refractivity contribution in [3.63, 3.8) is 0 Å². The molecule has 0 spiro atoms. The summed E-state index contributed by atoms with van der Waals surface area (Å²) in [5.74, 6) is 1.61. The number of carboxylic acids is 1. The third kappa shape index (κ3) is 5.02. The molecule has 1 heterocycles. The van der Waals surface area contributed by atoms with E-state index in [0.29, 0.717) is 32.8 Å². The molecule has 164 valence electrons. The highest BCUT2D eigenvalue weighted by molar-refractivity contribution is 8.18. The van der Waals surface area contributed by atoms with Crippen molar-refractivity contribution < 1.29 is 24.2 Å². The van der Waals surface area contributed by atoms with E-state index >= 15 is 0 Å². The van der Waals surface area contributed by atoms with E-state index in [0.717, 1.165) is 11.8 Å². The van der Waals surface area contributed by atoms with Crippen molar-refractivity contribution in [2.45, 2.75) is 0 Å². The minimum atomic E-state index is -1.17. The first-order valence-corrected chi connectivity index (χ1v) is 10.5. The van der Waals surface area contributed by atoms with Gasteiger partial charge < -0.3 is 14.6 Å². The molecular weight excluding hydrogens is 475 g/mol. The lowest BCUT2D eigenvalue weighted by Crippen LogP contribution is -2.23. The highest BCUT2D eigenvalue weighted by atomic mass is 35.5. The molecule has 3 rings (SSSR count). The summed E-state index contributed by atoms with van der Waals surface area (Å²) < 4.78 is 10.7. The Morgan fingerprint density at radius 2 is 2.06 bits per heavy atom. The van der Waals surface area contributed by atoms with Gasteiger partial charge in [-0.1, -0.05) is 29.1 Å². The number of amidine groups is 1. The summed E-state index contributed by atoms with van der Waals surface area (Å²) in [6, 6.07) is 7.66. The number of amides is 1. The number of carbonyl (C=O) groups is 2. The van der Waals surface area contributed by atoms with Gasteiger partial charge in [0.05, 0.1) is 33.3 Å². The van der Waals surface area contributed by atoms with Crippen LogP contribution in [0.2, 0.25) is 10.0 Å². The molecule has 1 amide bonds. The van der Waals surface area contributed by atoms with Gasteiger partial charge in [0.15, 0.2) is 16.7 Å². The van der Waals surface area contributed by atoms with E-state index < -0.39 is 5.97 Å². The first kappa shape index (κ1) is 23.5. The SMILES string of the molecule is C#CCOc1c(Cl)cc(/C=C2/SC(=Nc3ccc(Cl)c(C(=O)O)c3)N(C)C2=O)cc1OC. The Balaban J connectivity index is 1.93. The fraction of sp³-hybridized carbons (Fsp3) is 0.136. The Morgan fingerprint density at radius 1 is 1.31 bits per heavy atom. The lowest BCUT2D eigenvalue weighted by atomic mass is 10.2. The molecule has 1 aliphatic rings. The number of thioether (sulfide) groups is 1. The highest BCUT2D eigenvalue weighted by Crippen LogP contribution is 2.39. The maximum atomic E-state index is 12.7. The van der Waals surface area contributed by atoms with Gasteiger partial charge in [0.1, 0.15) is 6.61 Å². The average Bonchev–Trinajstić information content (AvgIpc) is 3.01. The van der Waals surface area contributed by atoms with E-state index in [9.17, 15) is 14.7 Å². The number of rotatable bonds is 6. The number of ether oxygens (including phenoxy) is 2. The van der Waals surface area contributed by atoms with Crippen LogP contribution in [-0.2, 0) is 4.79 Å². The molecular formula is C22H16Cl2N2O5S. The Labute approximate surface area is 198 Å². The number of carboxylic acid groups (broad SMARTS) is 1. The lowest BCUT2D eigenvalue weighted by molar-refractivity contribution is -0.121. The molecule has 1 fully saturated rings.